The summed E-state index contributed by atoms with van der Waals surface area (Å²) in [5.74, 6) is 6.27. The Labute approximate surface area is 94.8 Å². The molecule has 2 N–H and O–H groups in total. The fourth-order valence-electron chi connectivity index (χ4n) is 1.52. The average Bonchev–Trinajstić information content (AvgIpc) is 2.25. The van der Waals surface area contributed by atoms with Gasteiger partial charge in [0.05, 0.1) is 24.7 Å². The van der Waals surface area contributed by atoms with Crippen LogP contribution in [-0.2, 0) is 9.63 Å². The molecule has 1 rings (SSSR count). The summed E-state index contributed by atoms with van der Waals surface area (Å²) in [4.78, 5) is 16.4. The highest BCUT2D eigenvalue weighted by atomic mass is 16.7. The molecule has 6 nitrogen and oxygen atoms in total. The Hall–Kier alpha value is -1.74. The summed E-state index contributed by atoms with van der Waals surface area (Å²) in [7, 11) is 0. The predicted octanol–water partition coefficient (Wildman–Crippen LogP) is 0.491. The molecule has 0 saturated carbocycles. The van der Waals surface area contributed by atoms with Crippen LogP contribution < -0.4 is 5.84 Å². The number of carbonyl (C=O) groups excluding carboxylic acids is 1. The van der Waals surface area contributed by atoms with Gasteiger partial charge in [-0.2, -0.15) is 10.3 Å². The Kier molecular flexibility index (Phi) is 4.14. The van der Waals surface area contributed by atoms with Crippen LogP contribution >= 0.6 is 0 Å². The van der Waals surface area contributed by atoms with Crippen molar-refractivity contribution in [3.8, 4) is 6.07 Å². The van der Waals surface area contributed by atoms with Crippen molar-refractivity contribution in [1.29, 1.82) is 5.26 Å². The number of nitrogens with two attached hydrogens (primary N) is 1. The lowest BCUT2D eigenvalue weighted by Crippen LogP contribution is -2.40. The molecule has 16 heavy (non-hydrogen) atoms. The van der Waals surface area contributed by atoms with Gasteiger partial charge >= 0.3 is 0 Å². The Bertz CT molecular complexity index is 345. The van der Waals surface area contributed by atoms with E-state index in [1.165, 1.54) is 17.0 Å². The van der Waals surface area contributed by atoms with Gasteiger partial charge in [0.15, 0.2) is 0 Å². The van der Waals surface area contributed by atoms with Crippen molar-refractivity contribution in [1.82, 2.24) is 10.1 Å². The predicted molar refractivity (Wildman–Crippen MR) is 56.9 cm³/mol. The first kappa shape index (κ1) is 12.3. The number of rotatable bonds is 3. The second kappa shape index (κ2) is 5.37. The lowest BCUT2D eigenvalue weighted by molar-refractivity contribution is -0.174. The highest BCUT2D eigenvalue weighted by Gasteiger charge is 2.22. The minimum Gasteiger partial charge on any atom is -0.380 e. The molecular formula is C10H16N4O2. The lowest BCUT2D eigenvalue weighted by Gasteiger charge is -2.32. The molecule has 0 spiro atoms. The van der Waals surface area contributed by atoms with E-state index in [9.17, 15) is 4.79 Å². The monoisotopic (exact) mass is 224 g/mol. The maximum Gasteiger partial charge on any atom is 0.252 e. The fourth-order valence-corrected chi connectivity index (χ4v) is 1.52. The molecule has 88 valence electrons. The van der Waals surface area contributed by atoms with Crippen LogP contribution in [0.5, 0.6) is 0 Å². The van der Waals surface area contributed by atoms with Crippen LogP contribution in [0.15, 0.2) is 11.5 Å². The molecule has 1 aliphatic heterocycles. The van der Waals surface area contributed by atoms with E-state index < -0.39 is 0 Å². The van der Waals surface area contributed by atoms with Gasteiger partial charge < -0.3 is 9.85 Å². The van der Waals surface area contributed by atoms with E-state index in [0.717, 1.165) is 5.70 Å². The summed E-state index contributed by atoms with van der Waals surface area (Å²) in [6.45, 7) is 4.17. The molecule has 0 unspecified atom stereocenters. The molecule has 0 radical (unpaired) electrons. The van der Waals surface area contributed by atoms with Gasteiger partial charge in [0, 0.05) is 19.9 Å². The maximum absolute atomic E-state index is 11.1. The SMILES string of the molecule is CC(=O)N1CCC(N(N)CCC#N)=C(C)O1. The summed E-state index contributed by atoms with van der Waals surface area (Å²) < 4.78 is 0. The highest BCUT2D eigenvalue weighted by molar-refractivity contribution is 5.72. The molecule has 1 aliphatic rings. The van der Waals surface area contributed by atoms with Gasteiger partial charge in [-0.25, -0.2) is 5.84 Å². The summed E-state index contributed by atoms with van der Waals surface area (Å²) in [6, 6.07) is 2.03. The average molecular weight is 224 g/mol. The van der Waals surface area contributed by atoms with Gasteiger partial charge in [-0.05, 0) is 6.92 Å². The molecule has 1 amide bonds. The molecule has 0 aromatic carbocycles. The zero-order valence-corrected chi connectivity index (χ0v) is 9.56. The number of nitrogens with zero attached hydrogens (tertiary/aromatic N) is 3. The number of allylic oxidation sites excluding steroid dienone is 1. The lowest BCUT2D eigenvalue weighted by atomic mass is 10.2. The summed E-state index contributed by atoms with van der Waals surface area (Å²) in [5, 5.41) is 11.3. The molecule has 0 aromatic heterocycles. The van der Waals surface area contributed by atoms with Gasteiger partial charge in [0.25, 0.3) is 5.91 Å². The Morgan fingerprint density at radius 1 is 1.75 bits per heavy atom. The molecule has 0 aliphatic carbocycles. The topological polar surface area (TPSA) is 82.6 Å². The third-order valence-electron chi connectivity index (χ3n) is 2.37. The van der Waals surface area contributed by atoms with Crippen molar-refractivity contribution >= 4 is 5.91 Å². The Balaban J connectivity index is 2.65. The molecular weight excluding hydrogens is 208 g/mol. The molecule has 0 aromatic rings. The Morgan fingerprint density at radius 3 is 2.94 bits per heavy atom. The largest absolute Gasteiger partial charge is 0.380 e. The molecule has 0 fully saturated rings. The first-order valence-electron chi connectivity index (χ1n) is 5.11. The normalized spacial score (nSPS) is 15.5. The van der Waals surface area contributed by atoms with Crippen molar-refractivity contribution in [2.24, 2.45) is 5.84 Å². The second-order valence-corrected chi connectivity index (χ2v) is 3.57. The van der Waals surface area contributed by atoms with Crippen LogP contribution in [0.25, 0.3) is 0 Å². The quantitative estimate of drug-likeness (QED) is 0.557. The molecule has 0 saturated heterocycles. The maximum atomic E-state index is 11.1. The van der Waals surface area contributed by atoms with Crippen LogP contribution in [0.4, 0.5) is 0 Å². The first-order valence-corrected chi connectivity index (χ1v) is 5.11. The third-order valence-corrected chi connectivity index (χ3v) is 2.37. The Morgan fingerprint density at radius 2 is 2.44 bits per heavy atom. The number of hydrogen-bond donors (Lipinski definition) is 1. The minimum absolute atomic E-state index is 0.126. The number of hydroxylamine groups is 2. The smallest absolute Gasteiger partial charge is 0.252 e. The van der Waals surface area contributed by atoms with E-state index in [4.69, 9.17) is 15.9 Å². The van der Waals surface area contributed by atoms with E-state index in [0.29, 0.717) is 31.7 Å². The zero-order chi connectivity index (χ0) is 12.1. The van der Waals surface area contributed by atoms with E-state index in [1.807, 2.05) is 6.07 Å². The van der Waals surface area contributed by atoms with Crippen LogP contribution in [0, 0.1) is 11.3 Å². The number of hydrogen-bond acceptors (Lipinski definition) is 5. The van der Waals surface area contributed by atoms with Gasteiger partial charge in [0.1, 0.15) is 5.76 Å². The highest BCUT2D eigenvalue weighted by Crippen LogP contribution is 2.20. The summed E-state index contributed by atoms with van der Waals surface area (Å²) in [6.07, 6.45) is 1.01. The van der Waals surface area contributed by atoms with Gasteiger partial charge in [0.2, 0.25) is 0 Å². The second-order valence-electron chi connectivity index (χ2n) is 3.57. The third kappa shape index (κ3) is 2.87. The van der Waals surface area contributed by atoms with Crippen molar-refractivity contribution in [3.63, 3.8) is 0 Å². The van der Waals surface area contributed by atoms with E-state index in [1.54, 1.807) is 6.92 Å². The number of carbonyl (C=O) groups is 1. The number of nitriles is 1. The van der Waals surface area contributed by atoms with Gasteiger partial charge in [-0.3, -0.25) is 4.79 Å². The number of amides is 1. The van der Waals surface area contributed by atoms with Crippen LogP contribution in [0.1, 0.15) is 26.7 Å². The van der Waals surface area contributed by atoms with E-state index in [2.05, 4.69) is 0 Å². The molecule has 1 heterocycles. The molecule has 6 heteroatoms. The van der Waals surface area contributed by atoms with E-state index in [-0.39, 0.29) is 5.91 Å². The molecule has 0 atom stereocenters. The molecule has 0 bridgehead atoms. The van der Waals surface area contributed by atoms with Crippen molar-refractivity contribution in [3.05, 3.63) is 11.5 Å². The first-order chi connectivity index (χ1) is 7.56. The van der Waals surface area contributed by atoms with Gasteiger partial charge in [-0.15, -0.1) is 0 Å². The van der Waals surface area contributed by atoms with Crippen molar-refractivity contribution < 1.29 is 9.63 Å². The van der Waals surface area contributed by atoms with Crippen LogP contribution in [0.2, 0.25) is 0 Å². The van der Waals surface area contributed by atoms with Crippen LogP contribution in [-0.4, -0.2) is 29.1 Å². The summed E-state index contributed by atoms with van der Waals surface area (Å²) >= 11 is 0. The minimum atomic E-state index is -0.126. The van der Waals surface area contributed by atoms with Crippen molar-refractivity contribution in [2.45, 2.75) is 26.7 Å². The standard InChI is InChI=1S/C10H16N4O2/c1-8-10(13(12)6-3-5-11)4-7-14(16-8)9(2)15/h3-4,6-7,12H2,1-2H3. The number of hydrazine groups is 1. The van der Waals surface area contributed by atoms with Crippen molar-refractivity contribution in [2.75, 3.05) is 13.1 Å². The summed E-state index contributed by atoms with van der Waals surface area (Å²) in [5.41, 5.74) is 0.841. The van der Waals surface area contributed by atoms with Crippen LogP contribution in [0.3, 0.4) is 0 Å². The zero-order valence-electron chi connectivity index (χ0n) is 9.56. The fraction of sp³-hybridized carbons (Fsp3) is 0.600. The van der Waals surface area contributed by atoms with E-state index >= 15 is 0 Å². The van der Waals surface area contributed by atoms with Gasteiger partial charge in [-0.1, -0.05) is 0 Å².